The second kappa shape index (κ2) is 6.27. The highest BCUT2D eigenvalue weighted by Crippen LogP contribution is 2.83. The number of hydrogen-bond acceptors (Lipinski definition) is 1. The molecule has 0 unspecified atom stereocenters. The molecule has 0 aliphatic heterocycles. The summed E-state index contributed by atoms with van der Waals surface area (Å²) in [5.74, 6) is 1.32. The molecule has 0 spiro atoms. The van der Waals surface area contributed by atoms with E-state index in [-0.39, 0.29) is 0 Å². The Morgan fingerprint density at radius 1 is 0.704 bits per heavy atom. The van der Waals surface area contributed by atoms with Gasteiger partial charge in [0.25, 0.3) is 0 Å². The molecule has 0 N–H and O–H groups in total. The molecule has 2 saturated carbocycles. The number of rotatable bonds is 5. The predicted octanol–water partition coefficient (Wildman–Crippen LogP) is 7.14. The zero-order chi connectivity index (χ0) is 18.5. The molecule has 27 heavy (non-hydrogen) atoms. The van der Waals surface area contributed by atoms with Crippen molar-refractivity contribution in [2.24, 2.45) is 10.8 Å². The molecule has 3 aromatic rings. The van der Waals surface area contributed by atoms with Gasteiger partial charge in [0.15, 0.2) is 0 Å². The maximum absolute atomic E-state index is 2.55. The minimum absolute atomic E-state index is 0.329. The van der Waals surface area contributed by atoms with E-state index in [0.29, 0.717) is 27.9 Å². The zero-order valence-corrected chi connectivity index (χ0v) is 16.8. The summed E-state index contributed by atoms with van der Waals surface area (Å²) in [5.41, 5.74) is 3.73. The molecular formula is C26H26S. The summed E-state index contributed by atoms with van der Waals surface area (Å²) in [6.45, 7) is 5.08. The minimum Gasteiger partial charge on any atom is -0.121 e. The SMILES string of the molecule is C[C@]1([C@]2(C)C[C@H]2c2ccccc2)[C@H](c2ccccc2)[C@@H]1Sc1ccccc1. The number of hydrogen-bond donors (Lipinski definition) is 0. The van der Waals surface area contributed by atoms with Crippen LogP contribution >= 0.6 is 11.8 Å². The van der Waals surface area contributed by atoms with Gasteiger partial charge in [0, 0.05) is 16.1 Å². The van der Waals surface area contributed by atoms with Crippen molar-refractivity contribution >= 4 is 11.8 Å². The van der Waals surface area contributed by atoms with Crippen molar-refractivity contribution in [3.05, 3.63) is 102 Å². The number of benzene rings is 3. The van der Waals surface area contributed by atoms with E-state index in [1.165, 1.54) is 22.4 Å². The van der Waals surface area contributed by atoms with Crippen LogP contribution in [0.5, 0.6) is 0 Å². The first-order chi connectivity index (χ1) is 13.1. The van der Waals surface area contributed by atoms with Crippen molar-refractivity contribution in [2.45, 2.75) is 42.2 Å². The van der Waals surface area contributed by atoms with Crippen LogP contribution in [-0.2, 0) is 0 Å². The molecule has 136 valence electrons. The Hall–Kier alpha value is -1.99. The Morgan fingerprint density at radius 3 is 1.81 bits per heavy atom. The van der Waals surface area contributed by atoms with Crippen LogP contribution in [0.2, 0.25) is 0 Å². The quantitative estimate of drug-likeness (QED) is 0.460. The third-order valence-electron chi connectivity index (χ3n) is 7.27. The Balaban J connectivity index is 1.48. The highest BCUT2D eigenvalue weighted by atomic mass is 32.2. The molecule has 0 nitrogen and oxygen atoms in total. The van der Waals surface area contributed by atoms with Gasteiger partial charge in [0.1, 0.15) is 0 Å². The van der Waals surface area contributed by atoms with E-state index >= 15 is 0 Å². The Bertz CT molecular complexity index is 920. The lowest BCUT2D eigenvalue weighted by molar-refractivity contribution is 0.318. The van der Waals surface area contributed by atoms with E-state index < -0.39 is 0 Å². The van der Waals surface area contributed by atoms with E-state index in [1.54, 1.807) is 0 Å². The van der Waals surface area contributed by atoms with E-state index in [1.807, 2.05) is 0 Å². The second-order valence-corrected chi connectivity index (χ2v) is 9.82. The molecule has 0 heterocycles. The van der Waals surface area contributed by atoms with Crippen molar-refractivity contribution in [2.75, 3.05) is 0 Å². The fourth-order valence-electron chi connectivity index (χ4n) is 5.30. The Labute approximate surface area is 167 Å². The highest BCUT2D eigenvalue weighted by molar-refractivity contribution is 8.00. The molecule has 5 rings (SSSR count). The molecule has 0 bridgehead atoms. The lowest BCUT2D eigenvalue weighted by Crippen LogP contribution is -2.17. The van der Waals surface area contributed by atoms with Crippen molar-refractivity contribution in [1.82, 2.24) is 0 Å². The monoisotopic (exact) mass is 370 g/mol. The first kappa shape index (κ1) is 17.1. The Morgan fingerprint density at radius 2 is 1.22 bits per heavy atom. The lowest BCUT2D eigenvalue weighted by atomic mass is 9.82. The third kappa shape index (κ3) is 2.67. The van der Waals surface area contributed by atoms with E-state index in [4.69, 9.17) is 0 Å². The summed E-state index contributed by atoms with van der Waals surface area (Å²) in [5, 5.41) is 0.640. The first-order valence-electron chi connectivity index (χ1n) is 9.96. The summed E-state index contributed by atoms with van der Waals surface area (Å²) in [7, 11) is 0. The zero-order valence-electron chi connectivity index (χ0n) is 16.0. The largest absolute Gasteiger partial charge is 0.121 e. The van der Waals surface area contributed by atoms with Gasteiger partial charge in [-0.25, -0.2) is 0 Å². The summed E-state index contributed by atoms with van der Waals surface area (Å²) in [6, 6.07) is 33.3. The average molecular weight is 371 g/mol. The molecule has 3 aromatic carbocycles. The van der Waals surface area contributed by atoms with E-state index in [2.05, 4.69) is 117 Å². The van der Waals surface area contributed by atoms with Crippen LogP contribution in [0.4, 0.5) is 0 Å². The molecule has 0 amide bonds. The van der Waals surface area contributed by atoms with Crippen molar-refractivity contribution in [3.63, 3.8) is 0 Å². The summed E-state index contributed by atoms with van der Waals surface area (Å²) in [4.78, 5) is 1.40. The summed E-state index contributed by atoms with van der Waals surface area (Å²) < 4.78 is 0. The normalized spacial score (nSPS) is 34.2. The van der Waals surface area contributed by atoms with Gasteiger partial charge in [0.2, 0.25) is 0 Å². The van der Waals surface area contributed by atoms with Crippen LogP contribution in [0.25, 0.3) is 0 Å². The summed E-state index contributed by atoms with van der Waals surface area (Å²) >= 11 is 2.08. The smallest absolute Gasteiger partial charge is 0.0234 e. The fourth-order valence-corrected chi connectivity index (χ4v) is 7.07. The van der Waals surface area contributed by atoms with Crippen molar-refractivity contribution in [3.8, 4) is 0 Å². The van der Waals surface area contributed by atoms with Crippen LogP contribution in [0, 0.1) is 10.8 Å². The van der Waals surface area contributed by atoms with Gasteiger partial charge in [-0.2, -0.15) is 0 Å². The first-order valence-corrected chi connectivity index (χ1v) is 10.8. The highest BCUT2D eigenvalue weighted by Gasteiger charge is 2.76. The molecule has 2 fully saturated rings. The van der Waals surface area contributed by atoms with E-state index in [9.17, 15) is 0 Å². The average Bonchev–Trinajstić information content (AvgIpc) is 3.59. The lowest BCUT2D eigenvalue weighted by Gasteiger charge is -2.23. The topological polar surface area (TPSA) is 0 Å². The predicted molar refractivity (Wildman–Crippen MR) is 115 cm³/mol. The maximum Gasteiger partial charge on any atom is 0.0234 e. The minimum atomic E-state index is 0.329. The van der Waals surface area contributed by atoms with Crippen molar-refractivity contribution < 1.29 is 0 Å². The van der Waals surface area contributed by atoms with Gasteiger partial charge in [-0.1, -0.05) is 92.7 Å². The Kier molecular flexibility index (Phi) is 3.98. The molecule has 2 aliphatic rings. The molecule has 0 saturated heterocycles. The molecule has 2 aliphatic carbocycles. The van der Waals surface area contributed by atoms with E-state index in [0.717, 1.165) is 0 Å². The van der Waals surface area contributed by atoms with Gasteiger partial charge < -0.3 is 0 Å². The van der Waals surface area contributed by atoms with Crippen LogP contribution < -0.4 is 0 Å². The van der Waals surface area contributed by atoms with Crippen LogP contribution in [0.1, 0.15) is 43.2 Å². The van der Waals surface area contributed by atoms with Gasteiger partial charge in [0.05, 0.1) is 0 Å². The number of thioether (sulfide) groups is 1. The van der Waals surface area contributed by atoms with Gasteiger partial charge in [-0.05, 0) is 46.4 Å². The van der Waals surface area contributed by atoms with Crippen LogP contribution in [-0.4, -0.2) is 5.25 Å². The molecule has 0 aromatic heterocycles. The van der Waals surface area contributed by atoms with Crippen molar-refractivity contribution in [1.29, 1.82) is 0 Å². The fraction of sp³-hybridized carbons (Fsp3) is 0.308. The maximum atomic E-state index is 2.55. The van der Waals surface area contributed by atoms with Gasteiger partial charge in [-0.15, -0.1) is 11.8 Å². The summed E-state index contributed by atoms with van der Waals surface area (Å²) in [6.07, 6.45) is 1.31. The van der Waals surface area contributed by atoms with Gasteiger partial charge >= 0.3 is 0 Å². The standard InChI is InChI=1S/C26H26S/c1-25(18-22(25)19-12-6-3-7-13-19)26(2)23(20-14-8-4-9-15-20)24(26)27-21-16-10-5-11-17-21/h3-17,22-24H,18H2,1-2H3/t22-,23+,24-,25+,26-/m0/s1. The molecule has 5 atom stereocenters. The van der Waals surface area contributed by atoms with Crippen LogP contribution in [0.3, 0.4) is 0 Å². The molecule has 0 radical (unpaired) electrons. The second-order valence-electron chi connectivity index (χ2n) is 8.61. The molecular weight excluding hydrogens is 344 g/mol. The van der Waals surface area contributed by atoms with Crippen LogP contribution in [0.15, 0.2) is 95.9 Å². The molecule has 1 heteroatoms. The third-order valence-corrected chi connectivity index (χ3v) is 8.83. The van der Waals surface area contributed by atoms with Gasteiger partial charge in [-0.3, -0.25) is 0 Å².